The standard InChI is InChI=1S/C5H8O5S/c6-4(7)1-5(8)2-11(9,10)3-5/h8H,1-3H2,(H,6,7). The summed E-state index contributed by atoms with van der Waals surface area (Å²) in [6, 6.07) is 0. The SMILES string of the molecule is O=C(O)CC1(O)CS(=O)(=O)C1. The topological polar surface area (TPSA) is 91.7 Å². The van der Waals surface area contributed by atoms with E-state index in [2.05, 4.69) is 0 Å². The Labute approximate surface area is 63.6 Å². The van der Waals surface area contributed by atoms with E-state index in [0.29, 0.717) is 0 Å². The zero-order valence-electron chi connectivity index (χ0n) is 5.65. The second-order valence-corrected chi connectivity index (χ2v) is 4.89. The Hall–Kier alpha value is -0.620. The summed E-state index contributed by atoms with van der Waals surface area (Å²) < 4.78 is 21.1. The van der Waals surface area contributed by atoms with Crippen LogP contribution in [-0.4, -0.2) is 41.7 Å². The molecule has 0 atom stereocenters. The van der Waals surface area contributed by atoms with Crippen molar-refractivity contribution in [2.24, 2.45) is 0 Å². The summed E-state index contributed by atoms with van der Waals surface area (Å²) in [5.74, 6) is -2.03. The summed E-state index contributed by atoms with van der Waals surface area (Å²) in [5, 5.41) is 17.4. The van der Waals surface area contributed by atoms with E-state index in [9.17, 15) is 13.2 Å². The minimum atomic E-state index is -3.15. The van der Waals surface area contributed by atoms with Gasteiger partial charge in [0.15, 0.2) is 9.84 Å². The van der Waals surface area contributed by atoms with Crippen LogP contribution in [0.1, 0.15) is 6.42 Å². The van der Waals surface area contributed by atoms with Crippen molar-refractivity contribution in [1.82, 2.24) is 0 Å². The van der Waals surface area contributed by atoms with Gasteiger partial charge in [-0.3, -0.25) is 4.79 Å². The average molecular weight is 180 g/mol. The molecule has 1 aliphatic heterocycles. The van der Waals surface area contributed by atoms with Crippen molar-refractivity contribution < 1.29 is 23.4 Å². The van der Waals surface area contributed by atoms with Gasteiger partial charge in [0.25, 0.3) is 0 Å². The van der Waals surface area contributed by atoms with Crippen LogP contribution < -0.4 is 0 Å². The molecule has 0 aromatic carbocycles. The lowest BCUT2D eigenvalue weighted by atomic mass is 10.0. The number of sulfone groups is 1. The van der Waals surface area contributed by atoms with Gasteiger partial charge in [-0.05, 0) is 0 Å². The first-order valence-corrected chi connectivity index (χ1v) is 4.80. The molecule has 6 heteroatoms. The molecule has 2 N–H and O–H groups in total. The Bertz CT molecular complexity index is 265. The average Bonchev–Trinajstić information content (AvgIpc) is 1.52. The number of aliphatic hydroxyl groups is 1. The molecule has 0 amide bonds. The minimum absolute atomic E-state index is 0.424. The van der Waals surface area contributed by atoms with Gasteiger partial charge in [-0.2, -0.15) is 0 Å². The van der Waals surface area contributed by atoms with Crippen molar-refractivity contribution in [3.8, 4) is 0 Å². The van der Waals surface area contributed by atoms with Gasteiger partial charge in [-0.15, -0.1) is 0 Å². The van der Waals surface area contributed by atoms with E-state index in [1.165, 1.54) is 0 Å². The summed E-state index contributed by atoms with van der Waals surface area (Å²) in [5.41, 5.74) is -1.51. The van der Waals surface area contributed by atoms with Crippen LogP contribution in [0, 0.1) is 0 Å². The van der Waals surface area contributed by atoms with Crippen LogP contribution in [-0.2, 0) is 14.6 Å². The summed E-state index contributed by atoms with van der Waals surface area (Å²) in [7, 11) is -3.15. The molecule has 0 aromatic rings. The van der Waals surface area contributed by atoms with Crippen LogP contribution in [0.25, 0.3) is 0 Å². The molecule has 11 heavy (non-hydrogen) atoms. The highest BCUT2D eigenvalue weighted by atomic mass is 32.2. The maximum atomic E-state index is 10.5. The molecule has 0 saturated carbocycles. The Morgan fingerprint density at radius 1 is 1.45 bits per heavy atom. The molecule has 1 heterocycles. The largest absolute Gasteiger partial charge is 0.481 e. The van der Waals surface area contributed by atoms with Crippen LogP contribution >= 0.6 is 0 Å². The number of carbonyl (C=O) groups is 1. The van der Waals surface area contributed by atoms with Crippen LogP contribution in [0.2, 0.25) is 0 Å². The highest BCUT2D eigenvalue weighted by Crippen LogP contribution is 2.26. The lowest BCUT2D eigenvalue weighted by molar-refractivity contribution is -0.141. The molecular weight excluding hydrogens is 172 g/mol. The molecule has 1 fully saturated rings. The number of hydrogen-bond acceptors (Lipinski definition) is 4. The van der Waals surface area contributed by atoms with Crippen LogP contribution in [0.5, 0.6) is 0 Å². The summed E-state index contributed by atoms with van der Waals surface area (Å²) in [6.45, 7) is 0. The summed E-state index contributed by atoms with van der Waals surface area (Å²) in [6.07, 6.45) is -0.494. The van der Waals surface area contributed by atoms with E-state index < -0.39 is 39.3 Å². The third kappa shape index (κ3) is 1.90. The van der Waals surface area contributed by atoms with Crippen molar-refractivity contribution >= 4 is 15.8 Å². The van der Waals surface area contributed by atoms with E-state index in [4.69, 9.17) is 10.2 Å². The number of carboxylic acid groups (broad SMARTS) is 1. The lowest BCUT2D eigenvalue weighted by Gasteiger charge is -2.34. The summed E-state index contributed by atoms with van der Waals surface area (Å²) >= 11 is 0. The van der Waals surface area contributed by atoms with Crippen molar-refractivity contribution in [3.63, 3.8) is 0 Å². The van der Waals surface area contributed by atoms with Gasteiger partial charge in [0.1, 0.15) is 5.60 Å². The van der Waals surface area contributed by atoms with Crippen LogP contribution in [0.4, 0.5) is 0 Å². The van der Waals surface area contributed by atoms with Crippen molar-refractivity contribution in [2.45, 2.75) is 12.0 Å². The number of rotatable bonds is 2. The molecule has 0 radical (unpaired) electrons. The normalized spacial score (nSPS) is 25.5. The molecule has 0 spiro atoms. The Balaban J connectivity index is 2.56. The van der Waals surface area contributed by atoms with Gasteiger partial charge >= 0.3 is 5.97 Å². The highest BCUT2D eigenvalue weighted by molar-refractivity contribution is 7.93. The van der Waals surface area contributed by atoms with Gasteiger partial charge < -0.3 is 10.2 Å². The van der Waals surface area contributed by atoms with Gasteiger partial charge in [0.2, 0.25) is 0 Å². The Morgan fingerprint density at radius 2 is 1.91 bits per heavy atom. The molecule has 0 aromatic heterocycles. The van der Waals surface area contributed by atoms with E-state index in [1.54, 1.807) is 0 Å². The fraction of sp³-hybridized carbons (Fsp3) is 0.800. The quantitative estimate of drug-likeness (QED) is 0.546. The van der Waals surface area contributed by atoms with Gasteiger partial charge in [-0.25, -0.2) is 8.42 Å². The fourth-order valence-electron chi connectivity index (χ4n) is 1.16. The monoisotopic (exact) mass is 180 g/mol. The maximum absolute atomic E-state index is 10.5. The van der Waals surface area contributed by atoms with Gasteiger partial charge in [-0.1, -0.05) is 0 Å². The van der Waals surface area contributed by atoms with E-state index >= 15 is 0 Å². The number of aliphatic carboxylic acids is 1. The van der Waals surface area contributed by atoms with E-state index in [-0.39, 0.29) is 0 Å². The number of carboxylic acids is 1. The predicted octanol–water partition coefficient (Wildman–Crippen LogP) is -1.38. The van der Waals surface area contributed by atoms with Crippen LogP contribution in [0.3, 0.4) is 0 Å². The fourth-order valence-corrected chi connectivity index (χ4v) is 2.92. The molecule has 0 unspecified atom stereocenters. The molecule has 5 nitrogen and oxygen atoms in total. The summed E-state index contributed by atoms with van der Waals surface area (Å²) in [4.78, 5) is 10.1. The molecule has 1 aliphatic rings. The predicted molar refractivity (Wildman–Crippen MR) is 35.9 cm³/mol. The lowest BCUT2D eigenvalue weighted by Crippen LogP contribution is -2.55. The van der Waals surface area contributed by atoms with Gasteiger partial charge in [0, 0.05) is 0 Å². The molecule has 1 rings (SSSR count). The van der Waals surface area contributed by atoms with Crippen molar-refractivity contribution in [3.05, 3.63) is 0 Å². The molecule has 0 aliphatic carbocycles. The van der Waals surface area contributed by atoms with Gasteiger partial charge in [0.05, 0.1) is 17.9 Å². The zero-order valence-corrected chi connectivity index (χ0v) is 6.47. The Kier molecular flexibility index (Phi) is 1.68. The molecule has 1 saturated heterocycles. The Morgan fingerprint density at radius 3 is 2.18 bits per heavy atom. The molecule has 64 valence electrons. The highest BCUT2D eigenvalue weighted by Gasteiger charge is 2.48. The van der Waals surface area contributed by atoms with E-state index in [1.807, 2.05) is 0 Å². The first-order valence-electron chi connectivity index (χ1n) is 2.98. The smallest absolute Gasteiger partial charge is 0.306 e. The van der Waals surface area contributed by atoms with Crippen molar-refractivity contribution in [2.75, 3.05) is 11.5 Å². The second-order valence-electron chi connectivity index (χ2n) is 2.83. The zero-order chi connectivity index (χ0) is 8.70. The maximum Gasteiger partial charge on any atom is 0.306 e. The number of hydrogen-bond donors (Lipinski definition) is 2. The first kappa shape index (κ1) is 8.48. The first-order chi connectivity index (χ1) is 4.83. The molecular formula is C5H8O5S. The van der Waals surface area contributed by atoms with Crippen LogP contribution in [0.15, 0.2) is 0 Å². The second kappa shape index (κ2) is 2.18. The minimum Gasteiger partial charge on any atom is -0.481 e. The van der Waals surface area contributed by atoms with Crippen molar-refractivity contribution in [1.29, 1.82) is 0 Å². The van der Waals surface area contributed by atoms with E-state index in [0.717, 1.165) is 0 Å². The third-order valence-electron chi connectivity index (χ3n) is 1.46. The third-order valence-corrected chi connectivity index (χ3v) is 3.41. The molecule has 0 bridgehead atoms.